The molecule has 0 saturated heterocycles. The highest BCUT2D eigenvalue weighted by atomic mass is 32.2. The van der Waals surface area contributed by atoms with E-state index in [-0.39, 0.29) is 0 Å². The lowest BCUT2D eigenvalue weighted by atomic mass is 9.67. The second kappa shape index (κ2) is 15.1. The van der Waals surface area contributed by atoms with Crippen LogP contribution in [0.1, 0.15) is 22.3 Å². The van der Waals surface area contributed by atoms with Crippen LogP contribution in [0.25, 0.3) is 75.6 Å². The van der Waals surface area contributed by atoms with Crippen LogP contribution in [0.4, 0.5) is 17.1 Å². The summed E-state index contributed by atoms with van der Waals surface area (Å²) in [5, 5.41) is 3.73. The molecule has 314 valence electrons. The minimum Gasteiger partial charge on any atom is -0.464 e. The molecule has 2 aliphatic rings. The van der Waals surface area contributed by atoms with E-state index < -0.39 is 5.41 Å². The first-order chi connectivity index (χ1) is 33.2. The number of hydrogen-bond donors (Lipinski definition) is 0. The van der Waals surface area contributed by atoms with Gasteiger partial charge >= 0.3 is 0 Å². The Hall–Kier alpha value is -7.89. The number of hydrogen-bond acceptors (Lipinski definition) is 4. The third-order valence-corrected chi connectivity index (χ3v) is 16.3. The Bertz CT molecular complexity index is 3890. The van der Waals surface area contributed by atoms with Crippen LogP contribution < -0.4 is 4.90 Å². The van der Waals surface area contributed by atoms with E-state index in [1.807, 2.05) is 29.2 Å². The quantitative estimate of drug-likeness (QED) is 0.165. The van der Waals surface area contributed by atoms with E-state index in [0.717, 1.165) is 44.7 Å². The molecule has 1 aliphatic carbocycles. The summed E-state index contributed by atoms with van der Waals surface area (Å²) in [5.74, 6) is 0. The van der Waals surface area contributed by atoms with Gasteiger partial charge in [-0.1, -0.05) is 163 Å². The Morgan fingerprint density at radius 2 is 0.955 bits per heavy atom. The van der Waals surface area contributed by atoms with E-state index in [0.29, 0.717) is 0 Å². The maximum atomic E-state index is 5.84. The van der Waals surface area contributed by atoms with Crippen LogP contribution >= 0.6 is 23.1 Å². The van der Waals surface area contributed by atoms with E-state index >= 15 is 0 Å². The molecular formula is C63H39NOS2. The van der Waals surface area contributed by atoms with Crippen molar-refractivity contribution in [2.45, 2.75) is 15.2 Å². The predicted octanol–water partition coefficient (Wildman–Crippen LogP) is 18.1. The van der Waals surface area contributed by atoms with Crippen LogP contribution in [0.15, 0.2) is 251 Å². The molecule has 0 fully saturated rings. The number of nitrogens with zero attached hydrogens (tertiary/aromatic N) is 1. The summed E-state index contributed by atoms with van der Waals surface area (Å²) in [6, 6.07) is 85.3. The van der Waals surface area contributed by atoms with Crippen molar-refractivity contribution < 1.29 is 4.42 Å². The molecule has 0 amide bonds. The zero-order valence-electron chi connectivity index (χ0n) is 36.2. The van der Waals surface area contributed by atoms with Crippen LogP contribution in [-0.4, -0.2) is 0 Å². The van der Waals surface area contributed by atoms with Crippen molar-refractivity contribution in [1.29, 1.82) is 0 Å². The highest BCUT2D eigenvalue weighted by Gasteiger charge is 2.50. The van der Waals surface area contributed by atoms with Gasteiger partial charge < -0.3 is 9.32 Å². The van der Waals surface area contributed by atoms with Gasteiger partial charge in [-0.25, -0.2) is 0 Å². The predicted molar refractivity (Wildman–Crippen MR) is 282 cm³/mol. The minimum atomic E-state index is -0.401. The molecule has 2 nitrogen and oxygen atoms in total. The molecule has 0 N–H and O–H groups in total. The summed E-state index contributed by atoms with van der Waals surface area (Å²) in [4.78, 5) is 5.03. The van der Waals surface area contributed by atoms with Crippen LogP contribution in [0.3, 0.4) is 0 Å². The summed E-state index contributed by atoms with van der Waals surface area (Å²) in [6.07, 6.45) is 1.76. The molecular weight excluding hydrogens is 851 g/mol. The van der Waals surface area contributed by atoms with Crippen molar-refractivity contribution >= 4 is 71.3 Å². The number of rotatable bonds is 6. The van der Waals surface area contributed by atoms with Gasteiger partial charge in [0.05, 0.1) is 11.7 Å². The molecule has 12 aromatic rings. The van der Waals surface area contributed by atoms with Crippen LogP contribution in [0, 0.1) is 0 Å². The molecule has 0 bridgehead atoms. The van der Waals surface area contributed by atoms with E-state index in [2.05, 4.69) is 229 Å². The van der Waals surface area contributed by atoms with Gasteiger partial charge in [0.1, 0.15) is 5.58 Å². The smallest absolute Gasteiger partial charge is 0.134 e. The molecule has 2 aromatic heterocycles. The second-order valence-electron chi connectivity index (χ2n) is 17.6. The van der Waals surface area contributed by atoms with Gasteiger partial charge in [-0.15, -0.1) is 11.3 Å². The van der Waals surface area contributed by atoms with Crippen molar-refractivity contribution in [1.82, 2.24) is 0 Å². The largest absolute Gasteiger partial charge is 0.464 e. The van der Waals surface area contributed by atoms with E-state index in [9.17, 15) is 0 Å². The van der Waals surface area contributed by atoms with Crippen LogP contribution in [0.5, 0.6) is 0 Å². The topological polar surface area (TPSA) is 16.4 Å². The maximum absolute atomic E-state index is 5.84. The Balaban J connectivity index is 0.912. The Labute approximate surface area is 397 Å². The van der Waals surface area contributed by atoms with Gasteiger partial charge in [0.15, 0.2) is 0 Å². The first-order valence-electron chi connectivity index (χ1n) is 22.8. The molecule has 1 aliphatic heterocycles. The molecule has 0 saturated carbocycles. The third kappa shape index (κ3) is 5.90. The average molecular weight is 890 g/mol. The van der Waals surface area contributed by atoms with Gasteiger partial charge in [0.25, 0.3) is 0 Å². The summed E-state index contributed by atoms with van der Waals surface area (Å²) in [7, 11) is 0. The number of benzene rings is 10. The Morgan fingerprint density at radius 3 is 1.73 bits per heavy atom. The van der Waals surface area contributed by atoms with E-state index in [1.54, 1.807) is 6.26 Å². The number of thiophene rings is 1. The fraction of sp³-hybridized carbons (Fsp3) is 0.0159. The molecule has 67 heavy (non-hydrogen) atoms. The maximum Gasteiger partial charge on any atom is 0.134 e. The normalized spacial score (nSPS) is 13.1. The molecule has 4 heteroatoms. The SMILES string of the molecule is c1cc(-c2ccc3c(c2)-c2ccccc2C32c3ccccc3Sc3ccccc32)cc(N(c2ccc(-c3cccc4sc5ccccc5c34)cc2)c2cccc(-c3ccc4ccoc4c3)c2)c1. The van der Waals surface area contributed by atoms with Crippen molar-refractivity contribution in [3.05, 3.63) is 259 Å². The summed E-state index contributed by atoms with van der Waals surface area (Å²) >= 11 is 3.75. The van der Waals surface area contributed by atoms with Crippen molar-refractivity contribution in [2.75, 3.05) is 4.90 Å². The first kappa shape index (κ1) is 38.4. The van der Waals surface area contributed by atoms with E-state index in [1.165, 1.54) is 80.0 Å². The third-order valence-electron chi connectivity index (χ3n) is 14.0. The van der Waals surface area contributed by atoms with Crippen LogP contribution in [-0.2, 0) is 5.41 Å². The fourth-order valence-electron chi connectivity index (χ4n) is 11.1. The average Bonchev–Trinajstić information content (AvgIpc) is 4.10. The lowest BCUT2D eigenvalue weighted by Gasteiger charge is -2.39. The second-order valence-corrected chi connectivity index (χ2v) is 19.8. The fourth-order valence-corrected chi connectivity index (χ4v) is 13.4. The lowest BCUT2D eigenvalue weighted by Crippen LogP contribution is -2.31. The molecule has 3 heterocycles. The highest BCUT2D eigenvalue weighted by molar-refractivity contribution is 7.99. The monoisotopic (exact) mass is 889 g/mol. The highest BCUT2D eigenvalue weighted by Crippen LogP contribution is 2.62. The first-order valence-corrected chi connectivity index (χ1v) is 24.4. The zero-order chi connectivity index (χ0) is 44.1. The minimum absolute atomic E-state index is 0.401. The zero-order valence-corrected chi connectivity index (χ0v) is 37.8. The molecule has 0 unspecified atom stereocenters. The van der Waals surface area contributed by atoms with Crippen molar-refractivity contribution in [3.63, 3.8) is 0 Å². The van der Waals surface area contributed by atoms with Crippen molar-refractivity contribution in [2.24, 2.45) is 0 Å². The summed E-state index contributed by atoms with van der Waals surface area (Å²) in [5.41, 5.74) is 18.7. The number of anilines is 3. The standard InChI is InChI=1S/C63H39NOS2/c1-3-19-53-50(16-1)52-38-44(30-33-54(52)63(53)55-20-4-7-23-59(55)67-60-24-8-5-21-56(60)63)42-12-9-14-47(36-42)64(48-15-10-13-43(37-48)45-27-26-41-34-35-65-57(41)39-45)46-31-28-40(29-32-46)49-18-11-25-61-62(49)51-17-2-6-22-58(51)66-61/h1-39H. The Kier molecular flexibility index (Phi) is 8.64. The lowest BCUT2D eigenvalue weighted by molar-refractivity contribution is 0.616. The van der Waals surface area contributed by atoms with Gasteiger partial charge in [-0.3, -0.25) is 0 Å². The summed E-state index contributed by atoms with van der Waals surface area (Å²) < 4.78 is 8.47. The summed E-state index contributed by atoms with van der Waals surface area (Å²) in [6.45, 7) is 0. The molecule has 14 rings (SSSR count). The molecule has 10 aromatic carbocycles. The van der Waals surface area contributed by atoms with Crippen LogP contribution in [0.2, 0.25) is 0 Å². The van der Waals surface area contributed by atoms with Crippen molar-refractivity contribution in [3.8, 4) is 44.5 Å². The van der Waals surface area contributed by atoms with Gasteiger partial charge in [-0.05, 0) is 146 Å². The van der Waals surface area contributed by atoms with Gasteiger partial charge in [-0.2, -0.15) is 0 Å². The number of furan rings is 1. The number of fused-ring (bicyclic) bond motifs is 13. The molecule has 0 radical (unpaired) electrons. The van der Waals surface area contributed by atoms with Gasteiger partial charge in [0.2, 0.25) is 0 Å². The molecule has 0 atom stereocenters. The van der Waals surface area contributed by atoms with Gasteiger partial charge in [0, 0.05) is 52.4 Å². The Morgan fingerprint density at radius 1 is 0.373 bits per heavy atom. The van der Waals surface area contributed by atoms with E-state index in [4.69, 9.17) is 4.42 Å². The molecule has 1 spiro atoms.